The SMILES string of the molecule is COc1ccc(C(=O)CSc2nnc(NC(=O)CCc3nc(-c4ccccc4)no3)s2)cc1. The van der Waals surface area contributed by atoms with Crippen molar-refractivity contribution in [3.63, 3.8) is 0 Å². The van der Waals surface area contributed by atoms with Crippen LogP contribution in [0.3, 0.4) is 0 Å². The van der Waals surface area contributed by atoms with Gasteiger partial charge in [-0.3, -0.25) is 9.59 Å². The number of carbonyl (C=O) groups excluding carboxylic acids is 2. The first-order valence-corrected chi connectivity index (χ1v) is 11.7. The summed E-state index contributed by atoms with van der Waals surface area (Å²) in [6, 6.07) is 16.4. The van der Waals surface area contributed by atoms with E-state index in [-0.39, 0.29) is 23.9 Å². The molecule has 1 amide bonds. The molecule has 0 aliphatic heterocycles. The molecule has 4 aromatic rings. The highest BCUT2D eigenvalue weighted by molar-refractivity contribution is 8.01. The Labute approximate surface area is 197 Å². The summed E-state index contributed by atoms with van der Waals surface area (Å²) >= 11 is 2.48. The molecule has 4 rings (SSSR count). The van der Waals surface area contributed by atoms with Crippen LogP contribution in [0.5, 0.6) is 5.75 Å². The van der Waals surface area contributed by atoms with Gasteiger partial charge in [0.05, 0.1) is 12.9 Å². The van der Waals surface area contributed by atoms with Gasteiger partial charge >= 0.3 is 0 Å². The number of hydrogen-bond donors (Lipinski definition) is 1. The number of ether oxygens (including phenoxy) is 1. The van der Waals surface area contributed by atoms with E-state index in [9.17, 15) is 9.59 Å². The van der Waals surface area contributed by atoms with Crippen molar-refractivity contribution in [1.29, 1.82) is 0 Å². The van der Waals surface area contributed by atoms with E-state index >= 15 is 0 Å². The predicted molar refractivity (Wildman–Crippen MR) is 125 cm³/mol. The maximum atomic E-state index is 12.3. The number of anilines is 1. The minimum atomic E-state index is -0.239. The summed E-state index contributed by atoms with van der Waals surface area (Å²) in [6.45, 7) is 0. The van der Waals surface area contributed by atoms with E-state index < -0.39 is 0 Å². The number of ketones is 1. The summed E-state index contributed by atoms with van der Waals surface area (Å²) in [5, 5.41) is 15.0. The minimum Gasteiger partial charge on any atom is -0.497 e. The first-order chi connectivity index (χ1) is 16.1. The van der Waals surface area contributed by atoms with E-state index in [4.69, 9.17) is 9.26 Å². The maximum Gasteiger partial charge on any atom is 0.227 e. The van der Waals surface area contributed by atoms with Crippen LogP contribution in [-0.2, 0) is 11.2 Å². The molecule has 0 radical (unpaired) electrons. The van der Waals surface area contributed by atoms with Crippen molar-refractivity contribution in [2.75, 3.05) is 18.2 Å². The number of nitrogens with zero attached hydrogens (tertiary/aromatic N) is 4. The lowest BCUT2D eigenvalue weighted by Gasteiger charge is -2.01. The Morgan fingerprint density at radius 3 is 2.64 bits per heavy atom. The molecule has 0 bridgehead atoms. The lowest BCUT2D eigenvalue weighted by atomic mass is 10.1. The molecule has 0 aliphatic rings. The molecule has 0 saturated heterocycles. The van der Waals surface area contributed by atoms with Crippen LogP contribution in [0.4, 0.5) is 5.13 Å². The number of carbonyl (C=O) groups is 2. The molecule has 9 nitrogen and oxygen atoms in total. The quantitative estimate of drug-likeness (QED) is 0.202. The highest BCUT2D eigenvalue weighted by atomic mass is 32.2. The van der Waals surface area contributed by atoms with Gasteiger partial charge in [0.1, 0.15) is 5.75 Å². The summed E-state index contributed by atoms with van der Waals surface area (Å²) in [5.74, 6) is 1.51. The average Bonchev–Trinajstić information content (AvgIpc) is 3.51. The Morgan fingerprint density at radius 2 is 1.88 bits per heavy atom. The monoisotopic (exact) mass is 481 g/mol. The fourth-order valence-electron chi connectivity index (χ4n) is 2.77. The van der Waals surface area contributed by atoms with Crippen LogP contribution in [0.2, 0.25) is 0 Å². The van der Waals surface area contributed by atoms with Crippen molar-refractivity contribution >= 4 is 39.9 Å². The van der Waals surface area contributed by atoms with Gasteiger partial charge in [-0.15, -0.1) is 10.2 Å². The van der Waals surface area contributed by atoms with Crippen molar-refractivity contribution in [2.24, 2.45) is 0 Å². The molecular weight excluding hydrogens is 462 g/mol. The van der Waals surface area contributed by atoms with Crippen LogP contribution in [0.15, 0.2) is 63.5 Å². The van der Waals surface area contributed by atoms with Gasteiger partial charge in [-0.25, -0.2) is 0 Å². The van der Waals surface area contributed by atoms with Crippen LogP contribution in [0, 0.1) is 0 Å². The number of aromatic nitrogens is 4. The zero-order chi connectivity index (χ0) is 23.0. The summed E-state index contributed by atoms with van der Waals surface area (Å²) in [6.07, 6.45) is 0.469. The Morgan fingerprint density at radius 1 is 1.09 bits per heavy atom. The Bertz CT molecular complexity index is 1230. The second kappa shape index (κ2) is 10.8. The Balaban J connectivity index is 1.23. The molecule has 168 valence electrons. The third-order valence-electron chi connectivity index (χ3n) is 4.46. The Hall–Kier alpha value is -3.57. The number of methoxy groups -OCH3 is 1. The minimum absolute atomic E-state index is 0.0298. The number of thioether (sulfide) groups is 1. The predicted octanol–water partition coefficient (Wildman–Crippen LogP) is 4.14. The molecule has 0 atom stereocenters. The van der Waals surface area contributed by atoms with Crippen LogP contribution in [0.25, 0.3) is 11.4 Å². The molecule has 1 N–H and O–H groups in total. The average molecular weight is 482 g/mol. The normalized spacial score (nSPS) is 10.7. The summed E-state index contributed by atoms with van der Waals surface area (Å²) in [4.78, 5) is 28.9. The third kappa shape index (κ3) is 6.24. The molecule has 0 spiro atoms. The molecule has 0 saturated carbocycles. The molecule has 2 heterocycles. The van der Waals surface area contributed by atoms with E-state index in [1.54, 1.807) is 31.4 Å². The lowest BCUT2D eigenvalue weighted by molar-refractivity contribution is -0.116. The van der Waals surface area contributed by atoms with Crippen LogP contribution < -0.4 is 10.1 Å². The fourth-order valence-corrected chi connectivity index (χ4v) is 4.43. The van der Waals surface area contributed by atoms with E-state index in [2.05, 4.69) is 25.7 Å². The van der Waals surface area contributed by atoms with Gasteiger partial charge in [-0.05, 0) is 24.3 Å². The maximum absolute atomic E-state index is 12.3. The molecule has 0 aliphatic carbocycles. The third-order valence-corrected chi connectivity index (χ3v) is 6.43. The van der Waals surface area contributed by atoms with E-state index in [1.165, 1.54) is 23.1 Å². The van der Waals surface area contributed by atoms with Gasteiger partial charge in [0, 0.05) is 24.0 Å². The zero-order valence-corrected chi connectivity index (χ0v) is 19.2. The molecule has 2 aromatic heterocycles. The van der Waals surface area contributed by atoms with Crippen molar-refractivity contribution < 1.29 is 18.8 Å². The van der Waals surface area contributed by atoms with Crippen LogP contribution in [-0.4, -0.2) is 44.9 Å². The first-order valence-electron chi connectivity index (χ1n) is 9.92. The van der Waals surface area contributed by atoms with Gasteiger partial charge < -0.3 is 14.6 Å². The van der Waals surface area contributed by atoms with Crippen LogP contribution in [0.1, 0.15) is 22.7 Å². The standard InChI is InChI=1S/C22H19N5O4S2/c1-30-16-9-7-14(8-10-16)17(28)13-32-22-26-25-21(33-22)23-18(29)11-12-19-24-20(27-31-19)15-5-3-2-4-6-15/h2-10H,11-13H2,1H3,(H,23,25,29). The van der Waals surface area contributed by atoms with Gasteiger partial charge in [0.15, 0.2) is 10.1 Å². The van der Waals surface area contributed by atoms with Crippen molar-refractivity contribution in [1.82, 2.24) is 20.3 Å². The van der Waals surface area contributed by atoms with Gasteiger partial charge in [0.2, 0.25) is 22.8 Å². The second-order valence-electron chi connectivity index (χ2n) is 6.74. The number of nitrogens with one attached hydrogen (secondary N) is 1. The Kier molecular flexibility index (Phi) is 7.43. The van der Waals surface area contributed by atoms with Crippen molar-refractivity contribution in [3.05, 3.63) is 66.1 Å². The van der Waals surface area contributed by atoms with Gasteiger partial charge in [-0.1, -0.05) is 58.6 Å². The van der Waals surface area contributed by atoms with Gasteiger partial charge in [0.25, 0.3) is 0 Å². The smallest absolute Gasteiger partial charge is 0.227 e. The number of hydrogen-bond acceptors (Lipinski definition) is 10. The van der Waals surface area contributed by atoms with Crippen molar-refractivity contribution in [3.8, 4) is 17.1 Å². The summed E-state index contributed by atoms with van der Waals surface area (Å²) in [7, 11) is 1.57. The number of benzene rings is 2. The molecule has 0 unspecified atom stereocenters. The topological polar surface area (TPSA) is 120 Å². The van der Waals surface area contributed by atoms with Crippen LogP contribution >= 0.6 is 23.1 Å². The molecule has 11 heteroatoms. The van der Waals surface area contributed by atoms with Gasteiger partial charge in [-0.2, -0.15) is 4.98 Å². The highest BCUT2D eigenvalue weighted by Gasteiger charge is 2.14. The fraction of sp³-hybridized carbons (Fsp3) is 0.182. The number of amides is 1. The van der Waals surface area contributed by atoms with Crippen molar-refractivity contribution in [2.45, 2.75) is 17.2 Å². The molecule has 2 aromatic carbocycles. The summed E-state index contributed by atoms with van der Waals surface area (Å²) < 4.78 is 10.9. The molecule has 33 heavy (non-hydrogen) atoms. The zero-order valence-electron chi connectivity index (χ0n) is 17.6. The number of Topliss-reactive ketones (excluding diaryl/α,β-unsaturated/α-hetero) is 1. The van der Waals surface area contributed by atoms with E-state index in [1.807, 2.05) is 30.3 Å². The number of aryl methyl sites for hydroxylation is 1. The second-order valence-corrected chi connectivity index (χ2v) is 8.94. The van der Waals surface area contributed by atoms with E-state index in [0.717, 1.165) is 5.56 Å². The molecule has 0 fully saturated rings. The first kappa shape index (κ1) is 22.6. The lowest BCUT2D eigenvalue weighted by Crippen LogP contribution is -2.12. The van der Waals surface area contributed by atoms with E-state index in [0.29, 0.717) is 38.9 Å². The highest BCUT2D eigenvalue weighted by Crippen LogP contribution is 2.26. The largest absolute Gasteiger partial charge is 0.497 e. The summed E-state index contributed by atoms with van der Waals surface area (Å²) in [5.41, 5.74) is 1.44. The number of rotatable bonds is 10. The molecular formula is C22H19N5O4S2.